The molecule has 0 atom stereocenters. The molecule has 72 valence electrons. The van der Waals surface area contributed by atoms with Crippen LogP contribution in [0.15, 0.2) is 22.8 Å². The maximum Gasteiger partial charge on any atom is 0.167 e. The lowest BCUT2D eigenvalue weighted by molar-refractivity contribution is 1.15. The molecule has 0 spiro atoms. The van der Waals surface area contributed by atoms with Crippen molar-refractivity contribution in [3.63, 3.8) is 0 Å². The number of halogens is 1. The number of rotatable bonds is 1. The molecule has 0 aliphatic heterocycles. The summed E-state index contributed by atoms with van der Waals surface area (Å²) in [6.07, 6.45) is 1.71. The third-order valence-corrected chi connectivity index (χ3v) is 3.00. The molecule has 2 heterocycles. The van der Waals surface area contributed by atoms with E-state index in [9.17, 15) is 0 Å². The van der Waals surface area contributed by atoms with Gasteiger partial charge in [0.1, 0.15) is 5.52 Å². The second-order valence-corrected chi connectivity index (χ2v) is 3.70. The number of nitrogen functional groups attached to an aromatic ring is 1. The molecule has 5 heteroatoms. The van der Waals surface area contributed by atoms with Crippen LogP contribution in [0.3, 0.4) is 0 Å². The van der Waals surface area contributed by atoms with E-state index in [0.29, 0.717) is 5.82 Å². The average molecular weight is 253 g/mol. The highest BCUT2D eigenvalue weighted by molar-refractivity contribution is 9.10. The Labute approximate surface area is 89.6 Å². The number of nitrogens with one attached hydrogen (secondary N) is 1. The predicted octanol–water partition coefficient (Wildman–Crippen LogP) is 1.99. The lowest BCUT2D eigenvalue weighted by Gasteiger charge is -2.07. The first-order valence-corrected chi connectivity index (χ1v) is 4.91. The first-order valence-electron chi connectivity index (χ1n) is 4.11. The Kier molecular flexibility index (Phi) is 2.35. The Morgan fingerprint density at radius 1 is 1.50 bits per heavy atom. The summed E-state index contributed by atoms with van der Waals surface area (Å²) in [4.78, 5) is 8.49. The molecule has 0 bridgehead atoms. The van der Waals surface area contributed by atoms with Crippen LogP contribution in [-0.4, -0.2) is 9.97 Å². The molecule has 0 saturated heterocycles. The van der Waals surface area contributed by atoms with Gasteiger partial charge in [-0.25, -0.2) is 10.8 Å². The molecule has 3 N–H and O–H groups in total. The summed E-state index contributed by atoms with van der Waals surface area (Å²) in [5.41, 5.74) is 4.20. The summed E-state index contributed by atoms with van der Waals surface area (Å²) < 4.78 is 0.958. The minimum absolute atomic E-state index is 0.598. The zero-order valence-electron chi connectivity index (χ0n) is 7.58. The number of pyridine rings is 2. The number of anilines is 1. The van der Waals surface area contributed by atoms with Gasteiger partial charge < -0.3 is 5.43 Å². The molecule has 2 aromatic rings. The lowest BCUT2D eigenvalue weighted by Crippen LogP contribution is -2.10. The largest absolute Gasteiger partial charge is 0.307 e. The van der Waals surface area contributed by atoms with Gasteiger partial charge in [-0.15, -0.1) is 0 Å². The maximum absolute atomic E-state index is 5.37. The number of hydrogen-bond acceptors (Lipinski definition) is 4. The van der Waals surface area contributed by atoms with E-state index < -0.39 is 0 Å². The van der Waals surface area contributed by atoms with E-state index in [1.807, 2.05) is 19.1 Å². The number of hydrogen-bond donors (Lipinski definition) is 2. The highest BCUT2D eigenvalue weighted by Gasteiger charge is 2.08. The van der Waals surface area contributed by atoms with Crippen LogP contribution >= 0.6 is 15.9 Å². The van der Waals surface area contributed by atoms with Crippen molar-refractivity contribution >= 4 is 32.7 Å². The molecule has 14 heavy (non-hydrogen) atoms. The quantitative estimate of drug-likeness (QED) is 0.602. The standard InChI is InChI=1S/C9H9BrN4/c1-5-7(10)6-3-2-4-12-8(6)9(13-5)14-11/h2-4H,11H2,1H3,(H,13,14). The first-order chi connectivity index (χ1) is 6.74. The SMILES string of the molecule is Cc1nc(NN)c2ncccc2c1Br. The van der Waals surface area contributed by atoms with Crippen molar-refractivity contribution in [2.75, 3.05) is 5.43 Å². The van der Waals surface area contributed by atoms with Gasteiger partial charge in [-0.1, -0.05) is 0 Å². The fraction of sp³-hybridized carbons (Fsp3) is 0.111. The third-order valence-electron chi connectivity index (χ3n) is 2.00. The molecule has 2 rings (SSSR count). The summed E-state index contributed by atoms with van der Waals surface area (Å²) in [6, 6.07) is 3.86. The van der Waals surface area contributed by atoms with Gasteiger partial charge in [-0.05, 0) is 35.0 Å². The zero-order valence-corrected chi connectivity index (χ0v) is 9.17. The monoisotopic (exact) mass is 252 g/mol. The van der Waals surface area contributed by atoms with Crippen molar-refractivity contribution in [1.82, 2.24) is 9.97 Å². The number of aryl methyl sites for hydroxylation is 1. The topological polar surface area (TPSA) is 63.8 Å². The number of fused-ring (bicyclic) bond motifs is 1. The van der Waals surface area contributed by atoms with E-state index in [1.54, 1.807) is 6.20 Å². The fourth-order valence-corrected chi connectivity index (χ4v) is 1.74. The molecule has 2 aromatic heterocycles. The molecule has 0 unspecified atom stereocenters. The first kappa shape index (κ1) is 9.36. The predicted molar refractivity (Wildman–Crippen MR) is 59.8 cm³/mol. The van der Waals surface area contributed by atoms with Crippen molar-refractivity contribution < 1.29 is 0 Å². The van der Waals surface area contributed by atoms with Crippen LogP contribution in [0.5, 0.6) is 0 Å². The van der Waals surface area contributed by atoms with Crippen molar-refractivity contribution in [2.45, 2.75) is 6.92 Å². The number of aromatic nitrogens is 2. The van der Waals surface area contributed by atoms with Crippen molar-refractivity contribution in [1.29, 1.82) is 0 Å². The van der Waals surface area contributed by atoms with E-state index in [-0.39, 0.29) is 0 Å². The molecule has 0 radical (unpaired) electrons. The minimum Gasteiger partial charge on any atom is -0.307 e. The van der Waals surface area contributed by atoms with Crippen LogP contribution in [0.4, 0.5) is 5.82 Å². The van der Waals surface area contributed by atoms with E-state index in [2.05, 4.69) is 31.3 Å². The molecule has 0 fully saturated rings. The van der Waals surface area contributed by atoms with Gasteiger partial charge in [0.15, 0.2) is 5.82 Å². The van der Waals surface area contributed by atoms with Gasteiger partial charge in [0.25, 0.3) is 0 Å². The highest BCUT2D eigenvalue weighted by Crippen LogP contribution is 2.28. The Hall–Kier alpha value is -1.20. The third kappa shape index (κ3) is 1.34. The van der Waals surface area contributed by atoms with Gasteiger partial charge in [-0.2, -0.15) is 0 Å². The van der Waals surface area contributed by atoms with Crippen LogP contribution in [0.25, 0.3) is 10.9 Å². The Balaban J connectivity index is 2.89. The van der Waals surface area contributed by atoms with Crippen LogP contribution < -0.4 is 11.3 Å². The molecule has 0 saturated carbocycles. The lowest BCUT2D eigenvalue weighted by atomic mass is 10.2. The summed E-state index contributed by atoms with van der Waals surface area (Å²) >= 11 is 3.47. The zero-order chi connectivity index (χ0) is 10.1. The molecule has 0 aliphatic rings. The van der Waals surface area contributed by atoms with Gasteiger partial charge >= 0.3 is 0 Å². The Morgan fingerprint density at radius 3 is 3.00 bits per heavy atom. The van der Waals surface area contributed by atoms with E-state index >= 15 is 0 Å². The minimum atomic E-state index is 0.598. The average Bonchev–Trinajstić information content (AvgIpc) is 2.23. The summed E-state index contributed by atoms with van der Waals surface area (Å²) in [7, 11) is 0. The van der Waals surface area contributed by atoms with Crippen LogP contribution in [0.1, 0.15) is 5.69 Å². The molecule has 0 aromatic carbocycles. The smallest absolute Gasteiger partial charge is 0.167 e. The van der Waals surface area contributed by atoms with Crippen LogP contribution in [0, 0.1) is 6.92 Å². The van der Waals surface area contributed by atoms with Crippen LogP contribution in [-0.2, 0) is 0 Å². The molecule has 4 nitrogen and oxygen atoms in total. The van der Waals surface area contributed by atoms with Crippen molar-refractivity contribution in [3.8, 4) is 0 Å². The Bertz CT molecular complexity index is 483. The normalized spacial score (nSPS) is 10.5. The van der Waals surface area contributed by atoms with E-state index in [0.717, 1.165) is 21.1 Å². The number of nitrogens with zero attached hydrogens (tertiary/aromatic N) is 2. The molecule has 0 aliphatic carbocycles. The highest BCUT2D eigenvalue weighted by atomic mass is 79.9. The van der Waals surface area contributed by atoms with Crippen molar-refractivity contribution in [3.05, 3.63) is 28.5 Å². The summed E-state index contributed by atoms with van der Waals surface area (Å²) in [6.45, 7) is 1.91. The van der Waals surface area contributed by atoms with Gasteiger partial charge in [0, 0.05) is 16.1 Å². The van der Waals surface area contributed by atoms with E-state index in [4.69, 9.17) is 5.84 Å². The fourth-order valence-electron chi connectivity index (χ4n) is 1.34. The second kappa shape index (κ2) is 3.51. The number of nitrogens with two attached hydrogens (primary N) is 1. The maximum atomic E-state index is 5.37. The van der Waals surface area contributed by atoms with Crippen molar-refractivity contribution in [2.24, 2.45) is 5.84 Å². The Morgan fingerprint density at radius 2 is 2.29 bits per heavy atom. The van der Waals surface area contributed by atoms with Crippen LogP contribution in [0.2, 0.25) is 0 Å². The van der Waals surface area contributed by atoms with Gasteiger partial charge in [0.05, 0.1) is 5.69 Å². The summed E-state index contributed by atoms with van der Waals surface area (Å²) in [5.74, 6) is 5.97. The molecular weight excluding hydrogens is 244 g/mol. The summed E-state index contributed by atoms with van der Waals surface area (Å²) in [5, 5.41) is 1.01. The molecule has 0 amide bonds. The van der Waals surface area contributed by atoms with E-state index in [1.165, 1.54) is 0 Å². The van der Waals surface area contributed by atoms with Gasteiger partial charge in [0.2, 0.25) is 0 Å². The second-order valence-electron chi connectivity index (χ2n) is 2.90. The molecular formula is C9H9BrN4. The number of hydrazine groups is 1. The van der Waals surface area contributed by atoms with Gasteiger partial charge in [-0.3, -0.25) is 4.98 Å².